The van der Waals surface area contributed by atoms with Gasteiger partial charge in [-0.2, -0.15) is 0 Å². The quantitative estimate of drug-likeness (QED) is 0.380. The van der Waals surface area contributed by atoms with Gasteiger partial charge in [-0.25, -0.2) is 9.78 Å². The molecule has 1 aliphatic heterocycles. The molecule has 7 nitrogen and oxygen atoms in total. The van der Waals surface area contributed by atoms with Crippen LogP contribution in [0.4, 0.5) is 9.93 Å². The van der Waals surface area contributed by atoms with Gasteiger partial charge in [0.05, 0.1) is 5.69 Å². The molecule has 0 aliphatic carbocycles. The van der Waals surface area contributed by atoms with Crippen LogP contribution >= 0.6 is 11.3 Å². The molecule has 1 fully saturated rings. The van der Waals surface area contributed by atoms with E-state index in [1.165, 1.54) is 16.9 Å². The van der Waals surface area contributed by atoms with E-state index in [2.05, 4.69) is 34.7 Å². The summed E-state index contributed by atoms with van der Waals surface area (Å²) in [6.07, 6.45) is 0.960. The molecule has 0 saturated carbocycles. The van der Waals surface area contributed by atoms with E-state index < -0.39 is 29.9 Å². The molecule has 1 aromatic heterocycles. The molecule has 2 N–H and O–H groups in total. The number of nitrogens with zero attached hydrogens (tertiary/aromatic N) is 2. The zero-order valence-corrected chi connectivity index (χ0v) is 20.2. The third-order valence-electron chi connectivity index (χ3n) is 6.31. The summed E-state index contributed by atoms with van der Waals surface area (Å²) in [5.74, 6) is -0.956. The second-order valence-corrected chi connectivity index (χ2v) is 9.50. The highest BCUT2D eigenvalue weighted by atomic mass is 32.1. The van der Waals surface area contributed by atoms with Crippen molar-refractivity contribution in [2.24, 2.45) is 0 Å². The van der Waals surface area contributed by atoms with Crippen LogP contribution in [-0.2, 0) is 21.5 Å². The van der Waals surface area contributed by atoms with Gasteiger partial charge in [0, 0.05) is 10.9 Å². The van der Waals surface area contributed by atoms with Crippen LogP contribution in [0.1, 0.15) is 25.0 Å². The molecule has 176 valence electrons. The van der Waals surface area contributed by atoms with Crippen LogP contribution < -0.4 is 10.6 Å². The van der Waals surface area contributed by atoms with Gasteiger partial charge in [0.15, 0.2) is 5.13 Å². The van der Waals surface area contributed by atoms with Crippen molar-refractivity contribution in [1.82, 2.24) is 15.2 Å². The van der Waals surface area contributed by atoms with E-state index in [0.29, 0.717) is 10.7 Å². The van der Waals surface area contributed by atoms with Gasteiger partial charge < -0.3 is 10.6 Å². The van der Waals surface area contributed by atoms with Gasteiger partial charge >= 0.3 is 6.03 Å². The molecule has 4 aromatic rings. The van der Waals surface area contributed by atoms with Crippen molar-refractivity contribution in [3.05, 3.63) is 83.2 Å². The molecule has 5 rings (SSSR count). The first-order chi connectivity index (χ1) is 16.9. The van der Waals surface area contributed by atoms with Gasteiger partial charge in [0.25, 0.3) is 5.91 Å². The van der Waals surface area contributed by atoms with Crippen molar-refractivity contribution in [2.75, 3.05) is 11.9 Å². The Morgan fingerprint density at radius 3 is 2.54 bits per heavy atom. The van der Waals surface area contributed by atoms with E-state index in [1.54, 1.807) is 6.92 Å². The molecule has 1 aliphatic rings. The van der Waals surface area contributed by atoms with Gasteiger partial charge in [-0.3, -0.25) is 14.5 Å². The molecule has 1 unspecified atom stereocenters. The molecule has 1 saturated heterocycles. The number of amides is 4. The summed E-state index contributed by atoms with van der Waals surface area (Å²) < 4.78 is 0. The van der Waals surface area contributed by atoms with Crippen molar-refractivity contribution < 1.29 is 14.4 Å². The van der Waals surface area contributed by atoms with Crippen molar-refractivity contribution in [2.45, 2.75) is 25.8 Å². The Bertz CT molecular complexity index is 1450. The predicted octanol–water partition coefficient (Wildman–Crippen LogP) is 4.93. The van der Waals surface area contributed by atoms with Crippen LogP contribution in [0.3, 0.4) is 0 Å². The highest BCUT2D eigenvalue weighted by Gasteiger charge is 2.49. The lowest BCUT2D eigenvalue weighted by atomic mass is 9.90. The molecule has 35 heavy (non-hydrogen) atoms. The van der Waals surface area contributed by atoms with Crippen molar-refractivity contribution in [1.29, 1.82) is 0 Å². The third kappa shape index (κ3) is 4.28. The van der Waals surface area contributed by atoms with Crippen LogP contribution in [0.5, 0.6) is 0 Å². The fraction of sp³-hybridized carbons (Fsp3) is 0.185. The van der Waals surface area contributed by atoms with Crippen molar-refractivity contribution in [3.8, 4) is 11.3 Å². The second-order valence-electron chi connectivity index (χ2n) is 8.64. The number of carbonyl (C=O) groups is 3. The number of hydrogen-bond acceptors (Lipinski definition) is 5. The number of aryl methyl sites for hydroxylation is 1. The largest absolute Gasteiger partial charge is 0.325 e. The summed E-state index contributed by atoms with van der Waals surface area (Å²) in [6.45, 7) is 3.36. The minimum Gasteiger partial charge on any atom is -0.319 e. The monoisotopic (exact) mass is 484 g/mol. The van der Waals surface area contributed by atoms with E-state index in [0.717, 1.165) is 33.4 Å². The first-order valence-electron chi connectivity index (χ1n) is 11.4. The molecule has 2 heterocycles. The number of imide groups is 1. The number of benzene rings is 3. The second kappa shape index (κ2) is 8.96. The lowest BCUT2D eigenvalue weighted by Crippen LogP contribution is -2.42. The molecular weight excluding hydrogens is 460 g/mol. The molecule has 0 radical (unpaired) electrons. The van der Waals surface area contributed by atoms with Gasteiger partial charge in [-0.15, -0.1) is 11.3 Å². The maximum absolute atomic E-state index is 13.3. The number of thiazole rings is 1. The minimum atomic E-state index is -1.25. The molecular formula is C27H24N4O3S. The number of urea groups is 1. The molecule has 1 atom stereocenters. The third-order valence-corrected chi connectivity index (χ3v) is 7.07. The Morgan fingerprint density at radius 2 is 1.80 bits per heavy atom. The number of anilines is 1. The standard InChI is InChI=1S/C27H24N4O3S/c1-3-17-8-10-19(11-9-17)22-16-35-25(28-22)29-23(32)15-31-24(33)27(2,30-26(31)34)21-13-12-18-6-4-5-7-20(18)14-21/h4-14,16H,3,15H2,1-2H3,(H,30,34)(H,28,29,32). The van der Waals surface area contributed by atoms with Crippen LogP contribution in [0.2, 0.25) is 0 Å². The fourth-order valence-corrected chi connectivity index (χ4v) is 4.95. The van der Waals surface area contributed by atoms with Crippen LogP contribution in [-0.4, -0.2) is 34.3 Å². The summed E-state index contributed by atoms with van der Waals surface area (Å²) >= 11 is 1.29. The number of rotatable bonds is 6. The first-order valence-corrected chi connectivity index (χ1v) is 12.2. The van der Waals surface area contributed by atoms with Crippen LogP contribution in [0, 0.1) is 0 Å². The Kier molecular flexibility index (Phi) is 5.82. The summed E-state index contributed by atoms with van der Waals surface area (Å²) in [6, 6.07) is 20.9. The lowest BCUT2D eigenvalue weighted by Gasteiger charge is -2.22. The highest BCUT2D eigenvalue weighted by Crippen LogP contribution is 2.31. The van der Waals surface area contributed by atoms with Crippen molar-refractivity contribution in [3.63, 3.8) is 0 Å². The molecule has 3 aromatic carbocycles. The molecule has 0 spiro atoms. The first kappa shape index (κ1) is 22.7. The maximum atomic E-state index is 13.3. The average molecular weight is 485 g/mol. The van der Waals surface area contributed by atoms with E-state index in [-0.39, 0.29) is 0 Å². The Hall–Kier alpha value is -4.04. The summed E-state index contributed by atoms with van der Waals surface area (Å²) in [5.41, 5.74) is 2.37. The number of hydrogen-bond donors (Lipinski definition) is 2. The zero-order chi connectivity index (χ0) is 24.6. The van der Waals surface area contributed by atoms with Crippen LogP contribution in [0.25, 0.3) is 22.0 Å². The average Bonchev–Trinajstić information content (AvgIpc) is 3.42. The van der Waals surface area contributed by atoms with Gasteiger partial charge in [-0.05, 0) is 41.3 Å². The fourth-order valence-electron chi connectivity index (χ4n) is 4.21. The molecule has 4 amide bonds. The van der Waals surface area contributed by atoms with E-state index in [1.807, 2.05) is 60.0 Å². The van der Waals surface area contributed by atoms with Crippen LogP contribution in [0.15, 0.2) is 72.1 Å². The summed E-state index contributed by atoms with van der Waals surface area (Å²) in [4.78, 5) is 44.0. The van der Waals surface area contributed by atoms with E-state index in [4.69, 9.17) is 0 Å². The SMILES string of the molecule is CCc1ccc(-c2csc(NC(=O)CN3C(=O)NC(C)(c4ccc5ccccc5c4)C3=O)n2)cc1. The van der Waals surface area contributed by atoms with Gasteiger partial charge in [-0.1, -0.05) is 67.6 Å². The molecule has 8 heteroatoms. The smallest absolute Gasteiger partial charge is 0.319 e. The lowest BCUT2D eigenvalue weighted by molar-refractivity contribution is -0.133. The maximum Gasteiger partial charge on any atom is 0.325 e. The van der Waals surface area contributed by atoms with E-state index in [9.17, 15) is 14.4 Å². The summed E-state index contributed by atoms with van der Waals surface area (Å²) in [5, 5.41) is 9.75. The molecule has 0 bridgehead atoms. The number of fused-ring (bicyclic) bond motifs is 1. The van der Waals surface area contributed by atoms with E-state index >= 15 is 0 Å². The topological polar surface area (TPSA) is 91.4 Å². The predicted molar refractivity (Wildman–Crippen MR) is 137 cm³/mol. The number of carbonyl (C=O) groups excluding carboxylic acids is 3. The van der Waals surface area contributed by atoms with Crippen molar-refractivity contribution >= 4 is 45.1 Å². The zero-order valence-electron chi connectivity index (χ0n) is 19.4. The Labute approximate surface area is 206 Å². The Morgan fingerprint density at radius 1 is 1.06 bits per heavy atom. The number of nitrogens with one attached hydrogen (secondary N) is 2. The summed E-state index contributed by atoms with van der Waals surface area (Å²) in [7, 11) is 0. The minimum absolute atomic E-state index is 0.395. The van der Waals surface area contributed by atoms with Gasteiger partial charge in [0.1, 0.15) is 12.1 Å². The normalized spacial score (nSPS) is 17.6. The number of aromatic nitrogens is 1. The highest BCUT2D eigenvalue weighted by molar-refractivity contribution is 7.14. The Balaban J connectivity index is 1.28. The van der Waals surface area contributed by atoms with Gasteiger partial charge in [0.2, 0.25) is 5.91 Å².